The number of hydrogen-bond donors (Lipinski definition) is 1. The van der Waals surface area contributed by atoms with E-state index in [0.717, 1.165) is 13.0 Å². The Labute approximate surface area is 88.8 Å². The Morgan fingerprint density at radius 1 is 1.47 bits per heavy atom. The lowest BCUT2D eigenvalue weighted by Gasteiger charge is -2.07. The van der Waals surface area contributed by atoms with Gasteiger partial charge in [-0.3, -0.25) is 0 Å². The third kappa shape index (κ3) is 2.21. The SMILES string of the molecule is CN1CC(Cc2ccccc2)O/C1=N/O. The van der Waals surface area contributed by atoms with Gasteiger partial charge in [0.2, 0.25) is 0 Å². The second-order valence-corrected chi connectivity index (χ2v) is 3.69. The first-order chi connectivity index (χ1) is 7.29. The highest BCUT2D eigenvalue weighted by atomic mass is 16.6. The number of ether oxygens (including phenoxy) is 1. The zero-order valence-corrected chi connectivity index (χ0v) is 8.63. The van der Waals surface area contributed by atoms with Gasteiger partial charge in [0.1, 0.15) is 6.10 Å². The van der Waals surface area contributed by atoms with Crippen LogP contribution in [0.15, 0.2) is 35.5 Å². The molecule has 1 N–H and O–H groups in total. The van der Waals surface area contributed by atoms with Crippen molar-refractivity contribution in [1.29, 1.82) is 0 Å². The molecular formula is C11H14N2O2. The molecule has 0 bridgehead atoms. The lowest BCUT2D eigenvalue weighted by atomic mass is 10.1. The maximum Gasteiger partial charge on any atom is 0.326 e. The van der Waals surface area contributed by atoms with Gasteiger partial charge in [-0.2, -0.15) is 0 Å². The third-order valence-corrected chi connectivity index (χ3v) is 2.47. The minimum atomic E-state index is 0.0725. The zero-order valence-electron chi connectivity index (χ0n) is 8.63. The highest BCUT2D eigenvalue weighted by Gasteiger charge is 2.27. The first-order valence-corrected chi connectivity index (χ1v) is 4.93. The summed E-state index contributed by atoms with van der Waals surface area (Å²) in [5, 5.41) is 11.7. The topological polar surface area (TPSA) is 45.1 Å². The lowest BCUT2D eigenvalue weighted by Crippen LogP contribution is -2.21. The summed E-state index contributed by atoms with van der Waals surface area (Å²) in [6.07, 6.45) is 0.910. The van der Waals surface area contributed by atoms with E-state index in [1.54, 1.807) is 4.90 Å². The van der Waals surface area contributed by atoms with Crippen LogP contribution in [0, 0.1) is 0 Å². The fourth-order valence-electron chi connectivity index (χ4n) is 1.74. The van der Waals surface area contributed by atoms with Crippen molar-refractivity contribution in [3.05, 3.63) is 35.9 Å². The molecule has 0 spiro atoms. The standard InChI is InChI=1S/C11H14N2O2/c1-13-8-10(15-11(13)12-14)7-9-5-3-2-4-6-9/h2-6,10,14H,7-8H2,1H3/b12-11+. The molecule has 1 aliphatic rings. The van der Waals surface area contributed by atoms with Crippen LogP contribution in [0.3, 0.4) is 0 Å². The Balaban J connectivity index is 1.98. The number of likely N-dealkylation sites (N-methyl/N-ethyl adjacent to an activating group) is 1. The Hall–Kier alpha value is -1.71. The first-order valence-electron chi connectivity index (χ1n) is 4.93. The summed E-state index contributed by atoms with van der Waals surface area (Å²) in [7, 11) is 1.85. The molecule has 80 valence electrons. The number of hydrogen-bond acceptors (Lipinski definition) is 3. The van der Waals surface area contributed by atoms with Crippen molar-refractivity contribution in [3.63, 3.8) is 0 Å². The van der Waals surface area contributed by atoms with Crippen LogP contribution in [0.4, 0.5) is 0 Å². The largest absolute Gasteiger partial charge is 0.457 e. The van der Waals surface area contributed by atoms with Crippen LogP contribution in [-0.4, -0.2) is 35.8 Å². The second kappa shape index (κ2) is 4.21. The minimum absolute atomic E-state index is 0.0725. The predicted octanol–water partition coefficient (Wildman–Crippen LogP) is 1.30. The molecule has 1 aromatic rings. The van der Waals surface area contributed by atoms with Crippen LogP contribution in [0.1, 0.15) is 5.56 Å². The van der Waals surface area contributed by atoms with E-state index in [1.807, 2.05) is 25.2 Å². The predicted molar refractivity (Wildman–Crippen MR) is 56.9 cm³/mol. The van der Waals surface area contributed by atoms with E-state index in [9.17, 15) is 0 Å². The van der Waals surface area contributed by atoms with Gasteiger partial charge < -0.3 is 14.8 Å². The molecule has 1 atom stereocenters. The molecule has 0 saturated carbocycles. The summed E-state index contributed by atoms with van der Waals surface area (Å²) in [6, 6.07) is 10.4. The lowest BCUT2D eigenvalue weighted by molar-refractivity contribution is 0.211. The van der Waals surface area contributed by atoms with Gasteiger partial charge in [-0.25, -0.2) is 0 Å². The van der Waals surface area contributed by atoms with E-state index in [2.05, 4.69) is 17.3 Å². The van der Waals surface area contributed by atoms with Crippen molar-refractivity contribution >= 4 is 6.02 Å². The van der Waals surface area contributed by atoms with Gasteiger partial charge in [0.25, 0.3) is 0 Å². The molecule has 1 aromatic carbocycles. The smallest absolute Gasteiger partial charge is 0.326 e. The molecule has 1 unspecified atom stereocenters. The molecule has 4 nitrogen and oxygen atoms in total. The average Bonchev–Trinajstić information content (AvgIpc) is 2.60. The normalized spacial score (nSPS) is 23.1. The molecular weight excluding hydrogens is 192 g/mol. The molecule has 15 heavy (non-hydrogen) atoms. The Kier molecular flexibility index (Phi) is 2.76. The van der Waals surface area contributed by atoms with Crippen molar-refractivity contribution in [2.75, 3.05) is 13.6 Å². The first kappa shape index (κ1) is 9.83. The van der Waals surface area contributed by atoms with Gasteiger partial charge in [-0.15, -0.1) is 0 Å². The fraction of sp³-hybridized carbons (Fsp3) is 0.364. The molecule has 1 aliphatic heterocycles. The number of benzene rings is 1. The second-order valence-electron chi connectivity index (χ2n) is 3.69. The molecule has 4 heteroatoms. The highest BCUT2D eigenvalue weighted by Crippen LogP contribution is 2.14. The number of rotatable bonds is 2. The van der Waals surface area contributed by atoms with E-state index in [-0.39, 0.29) is 6.10 Å². The molecule has 0 aliphatic carbocycles. The molecule has 1 heterocycles. The number of amidine groups is 1. The highest BCUT2D eigenvalue weighted by molar-refractivity contribution is 5.74. The molecule has 1 fully saturated rings. The Bertz CT molecular complexity index is 351. The Morgan fingerprint density at radius 3 is 2.80 bits per heavy atom. The average molecular weight is 206 g/mol. The van der Waals surface area contributed by atoms with Crippen molar-refractivity contribution in [2.45, 2.75) is 12.5 Å². The van der Waals surface area contributed by atoms with Crippen LogP contribution >= 0.6 is 0 Å². The van der Waals surface area contributed by atoms with Gasteiger partial charge in [0.15, 0.2) is 0 Å². The third-order valence-electron chi connectivity index (χ3n) is 2.47. The van der Waals surface area contributed by atoms with Gasteiger partial charge in [0, 0.05) is 13.5 Å². The number of nitrogens with zero attached hydrogens (tertiary/aromatic N) is 2. The maximum absolute atomic E-state index is 8.64. The van der Waals surface area contributed by atoms with Gasteiger partial charge in [0.05, 0.1) is 6.54 Å². The summed E-state index contributed by atoms with van der Waals surface area (Å²) in [6.45, 7) is 0.758. The van der Waals surface area contributed by atoms with Crippen LogP contribution in [-0.2, 0) is 11.2 Å². The van der Waals surface area contributed by atoms with Crippen LogP contribution in [0.5, 0.6) is 0 Å². The van der Waals surface area contributed by atoms with Gasteiger partial charge in [-0.05, 0) is 10.7 Å². The summed E-state index contributed by atoms with van der Waals surface area (Å²) < 4.78 is 5.45. The summed E-state index contributed by atoms with van der Waals surface area (Å²) in [5.41, 5.74) is 1.23. The van der Waals surface area contributed by atoms with E-state index in [0.29, 0.717) is 6.02 Å². The fourth-order valence-corrected chi connectivity index (χ4v) is 1.74. The van der Waals surface area contributed by atoms with Crippen LogP contribution in [0.2, 0.25) is 0 Å². The van der Waals surface area contributed by atoms with Crippen molar-refractivity contribution in [3.8, 4) is 0 Å². The van der Waals surface area contributed by atoms with Gasteiger partial charge in [-0.1, -0.05) is 30.3 Å². The number of oxime groups is 1. The van der Waals surface area contributed by atoms with E-state index in [4.69, 9.17) is 9.94 Å². The van der Waals surface area contributed by atoms with E-state index < -0.39 is 0 Å². The summed E-state index contributed by atoms with van der Waals surface area (Å²) >= 11 is 0. The van der Waals surface area contributed by atoms with Crippen molar-refractivity contribution in [1.82, 2.24) is 4.90 Å². The summed E-state index contributed by atoms with van der Waals surface area (Å²) in [5.74, 6) is 0. The van der Waals surface area contributed by atoms with E-state index in [1.165, 1.54) is 5.56 Å². The van der Waals surface area contributed by atoms with Crippen LogP contribution in [0.25, 0.3) is 0 Å². The monoisotopic (exact) mass is 206 g/mol. The molecule has 1 saturated heterocycles. The van der Waals surface area contributed by atoms with Crippen molar-refractivity contribution in [2.24, 2.45) is 5.16 Å². The quantitative estimate of drug-likeness (QED) is 0.586. The molecule has 2 rings (SSSR count). The minimum Gasteiger partial charge on any atom is -0.457 e. The van der Waals surface area contributed by atoms with E-state index >= 15 is 0 Å². The molecule has 0 radical (unpaired) electrons. The van der Waals surface area contributed by atoms with Crippen LogP contribution < -0.4 is 0 Å². The Morgan fingerprint density at radius 2 is 2.20 bits per heavy atom. The maximum atomic E-state index is 8.64. The zero-order chi connectivity index (χ0) is 10.7. The summed E-state index contributed by atoms with van der Waals surface area (Å²) in [4.78, 5) is 1.80. The van der Waals surface area contributed by atoms with Crippen molar-refractivity contribution < 1.29 is 9.94 Å². The molecule has 0 aromatic heterocycles. The van der Waals surface area contributed by atoms with Gasteiger partial charge >= 0.3 is 6.02 Å². The molecule has 0 amide bonds.